The molecule has 0 radical (unpaired) electrons. The number of ether oxygens (including phenoxy) is 2. The van der Waals surface area contributed by atoms with Crippen LogP contribution in [-0.2, 0) is 30.3 Å². The van der Waals surface area contributed by atoms with E-state index in [0.717, 1.165) is 29.7 Å². The molecule has 0 bridgehead atoms. The number of aromatic nitrogens is 1. The average Bonchev–Trinajstić information content (AvgIpc) is 3.11. The van der Waals surface area contributed by atoms with E-state index in [0.29, 0.717) is 6.54 Å². The molecular weight excluding hydrogens is 630 g/mol. The molecule has 12 heteroatoms. The lowest BCUT2D eigenvalue weighted by molar-refractivity contribution is -0.166. The van der Waals surface area contributed by atoms with E-state index in [-0.39, 0.29) is 17.0 Å². The normalized spacial score (nSPS) is 12.3. The molecule has 2 unspecified atom stereocenters. The van der Waals surface area contributed by atoms with Crippen LogP contribution in [0.3, 0.4) is 0 Å². The minimum Gasteiger partial charge on any atom is -0.387 e. The van der Waals surface area contributed by atoms with Crippen LogP contribution in [0, 0.1) is 13.8 Å². The third-order valence-corrected chi connectivity index (χ3v) is 7.12. The number of carbonyl (C=O) groups is 5. The van der Waals surface area contributed by atoms with E-state index in [9.17, 15) is 34.2 Å². The van der Waals surface area contributed by atoms with Gasteiger partial charge < -0.3 is 30.3 Å². The van der Waals surface area contributed by atoms with Gasteiger partial charge in [-0.2, -0.15) is 0 Å². The molecule has 4 rings (SSSR count). The number of aryl methyl sites for hydroxylation is 3. The Kier molecular flexibility index (Phi) is 14.5. The number of carbonyl (C=O) groups excluding carboxylic acids is 5. The monoisotopic (exact) mass is 669 g/mol. The van der Waals surface area contributed by atoms with E-state index in [4.69, 9.17) is 5.73 Å². The molecule has 4 N–H and O–H groups in total. The van der Waals surface area contributed by atoms with Gasteiger partial charge in [0.2, 0.25) is 5.91 Å². The molecule has 0 saturated heterocycles. The van der Waals surface area contributed by atoms with Crippen molar-refractivity contribution < 1.29 is 43.7 Å². The molecule has 1 amide bonds. The van der Waals surface area contributed by atoms with Crippen molar-refractivity contribution in [1.82, 2.24) is 4.98 Å². The smallest absolute Gasteiger partial charge is 0.346 e. The second kappa shape index (κ2) is 18.7. The molecular formula is C37H39N3O9. The number of hydrogen-bond acceptors (Lipinski definition) is 11. The molecule has 0 fully saturated rings. The van der Waals surface area contributed by atoms with Gasteiger partial charge in [-0.25, -0.2) is 19.2 Å². The molecule has 4 aromatic rings. The summed E-state index contributed by atoms with van der Waals surface area (Å²) in [6, 6.07) is 24.4. The largest absolute Gasteiger partial charge is 0.387 e. The first kappa shape index (κ1) is 37.9. The maximum atomic E-state index is 12.6. The topological polar surface area (TPSA) is 186 Å². The van der Waals surface area contributed by atoms with Gasteiger partial charge in [0, 0.05) is 24.6 Å². The molecule has 49 heavy (non-hydrogen) atoms. The number of pyridine rings is 1. The average molecular weight is 670 g/mol. The van der Waals surface area contributed by atoms with Gasteiger partial charge in [0.05, 0.1) is 17.2 Å². The Morgan fingerprint density at radius 3 is 1.65 bits per heavy atom. The SMILES string of the molecule is Cc1cccc(C)c1N(CCCc1cccnc1)C(=O)[C@@H](C)N.O=C(OC(=O)C(O)C(O)C(=O)OC(=O)c1ccccc1)c1ccccc1. The molecule has 1 heterocycles. The van der Waals surface area contributed by atoms with Crippen LogP contribution in [0.15, 0.2) is 103 Å². The van der Waals surface area contributed by atoms with E-state index >= 15 is 0 Å². The summed E-state index contributed by atoms with van der Waals surface area (Å²) in [6.07, 6.45) is 0.597. The van der Waals surface area contributed by atoms with Crippen molar-refractivity contribution >= 4 is 35.5 Å². The number of nitrogens with zero attached hydrogens (tertiary/aromatic N) is 2. The van der Waals surface area contributed by atoms with E-state index in [1.54, 1.807) is 25.3 Å². The predicted octanol–water partition coefficient (Wildman–Crippen LogP) is 3.49. The van der Waals surface area contributed by atoms with Gasteiger partial charge in [-0.1, -0.05) is 60.7 Å². The number of aliphatic hydroxyl groups is 2. The van der Waals surface area contributed by atoms with Gasteiger partial charge in [0.1, 0.15) is 0 Å². The Balaban J connectivity index is 0.000000267. The van der Waals surface area contributed by atoms with Crippen molar-refractivity contribution in [2.24, 2.45) is 5.73 Å². The molecule has 0 saturated carbocycles. The minimum atomic E-state index is -2.40. The zero-order valence-electron chi connectivity index (χ0n) is 27.4. The zero-order valence-corrected chi connectivity index (χ0v) is 27.4. The molecule has 12 nitrogen and oxygen atoms in total. The quantitative estimate of drug-likeness (QED) is 0.157. The summed E-state index contributed by atoms with van der Waals surface area (Å²) in [4.78, 5) is 65.3. The maximum absolute atomic E-state index is 12.6. The molecule has 0 spiro atoms. The number of rotatable bonds is 11. The van der Waals surface area contributed by atoms with Gasteiger partial charge in [0.15, 0.2) is 12.2 Å². The Hall–Kier alpha value is -5.56. The third-order valence-electron chi connectivity index (χ3n) is 7.12. The van der Waals surface area contributed by atoms with Gasteiger partial charge >= 0.3 is 23.9 Å². The summed E-state index contributed by atoms with van der Waals surface area (Å²) >= 11 is 0. The van der Waals surface area contributed by atoms with E-state index in [2.05, 4.69) is 20.5 Å². The number of anilines is 1. The molecule has 3 atom stereocenters. The Labute approximate surface area is 284 Å². The summed E-state index contributed by atoms with van der Waals surface area (Å²) < 4.78 is 8.76. The van der Waals surface area contributed by atoms with Crippen molar-refractivity contribution in [3.63, 3.8) is 0 Å². The molecule has 1 aromatic heterocycles. The van der Waals surface area contributed by atoms with Gasteiger partial charge in [-0.15, -0.1) is 0 Å². The highest BCUT2D eigenvalue weighted by atomic mass is 16.6. The molecule has 256 valence electrons. The first-order chi connectivity index (χ1) is 23.4. The molecule has 3 aromatic carbocycles. The van der Waals surface area contributed by atoms with Crippen molar-refractivity contribution in [2.75, 3.05) is 11.4 Å². The van der Waals surface area contributed by atoms with Crippen LogP contribution in [0.2, 0.25) is 0 Å². The van der Waals surface area contributed by atoms with Crippen LogP contribution < -0.4 is 10.6 Å². The highest BCUT2D eigenvalue weighted by Crippen LogP contribution is 2.25. The predicted molar refractivity (Wildman–Crippen MR) is 180 cm³/mol. The van der Waals surface area contributed by atoms with Gasteiger partial charge in [-0.3, -0.25) is 9.78 Å². The van der Waals surface area contributed by atoms with E-state index in [1.807, 2.05) is 49.2 Å². The maximum Gasteiger partial charge on any atom is 0.346 e. The molecule has 0 aliphatic rings. The second-order valence-corrected chi connectivity index (χ2v) is 11.0. The van der Waals surface area contributed by atoms with Crippen molar-refractivity contribution in [2.45, 2.75) is 51.9 Å². The number of aliphatic hydroxyl groups excluding tert-OH is 2. The molecule has 0 aliphatic heterocycles. The number of hydrogen-bond donors (Lipinski definition) is 3. The van der Waals surface area contributed by atoms with Gasteiger partial charge in [-0.05, 0) is 80.6 Å². The number of esters is 4. The van der Waals surface area contributed by atoms with Crippen molar-refractivity contribution in [3.05, 3.63) is 131 Å². The highest BCUT2D eigenvalue weighted by molar-refractivity contribution is 6.01. The zero-order chi connectivity index (χ0) is 35.9. The van der Waals surface area contributed by atoms with E-state index in [1.165, 1.54) is 54.1 Å². The van der Waals surface area contributed by atoms with E-state index < -0.39 is 42.1 Å². The highest BCUT2D eigenvalue weighted by Gasteiger charge is 2.35. The van der Waals surface area contributed by atoms with Crippen LogP contribution in [-0.4, -0.2) is 69.8 Å². The van der Waals surface area contributed by atoms with Crippen molar-refractivity contribution in [1.29, 1.82) is 0 Å². The van der Waals surface area contributed by atoms with Crippen LogP contribution >= 0.6 is 0 Å². The number of benzene rings is 3. The summed E-state index contributed by atoms with van der Waals surface area (Å²) in [5.41, 5.74) is 10.3. The van der Waals surface area contributed by atoms with Crippen LogP contribution in [0.25, 0.3) is 0 Å². The lowest BCUT2D eigenvalue weighted by Crippen LogP contribution is -2.43. The minimum absolute atomic E-state index is 0.0318. The molecule has 0 aliphatic carbocycles. The first-order valence-corrected chi connectivity index (χ1v) is 15.4. The number of para-hydroxylation sites is 1. The van der Waals surface area contributed by atoms with Gasteiger partial charge in [0.25, 0.3) is 0 Å². The summed E-state index contributed by atoms with van der Waals surface area (Å²) in [7, 11) is 0. The summed E-state index contributed by atoms with van der Waals surface area (Å²) in [6.45, 7) is 6.46. The Bertz CT molecular complexity index is 1630. The first-order valence-electron chi connectivity index (χ1n) is 15.4. The summed E-state index contributed by atoms with van der Waals surface area (Å²) in [5.74, 6) is -5.30. The standard InChI is InChI=1S/C19H25N3O.C18H14O8/c1-14-7-4-8-15(2)18(14)22(19(23)16(3)20)12-6-10-17-9-5-11-21-13-17;19-13(17(23)25-15(21)11-7-3-1-4-8-11)14(20)18(24)26-16(22)12-9-5-2-6-10-12/h4-5,7-9,11,13,16H,6,10,12,20H2,1-3H3;1-10,13-14,19-20H/t16-;/m1./s1. The fraction of sp³-hybridized carbons (Fsp3) is 0.243. The Morgan fingerprint density at radius 2 is 1.22 bits per heavy atom. The van der Waals surface area contributed by atoms with Crippen LogP contribution in [0.4, 0.5) is 5.69 Å². The third kappa shape index (κ3) is 11.3. The second-order valence-electron chi connectivity index (χ2n) is 11.0. The number of nitrogens with two attached hydrogens (primary N) is 1. The van der Waals surface area contributed by atoms with Crippen LogP contribution in [0.1, 0.15) is 50.8 Å². The fourth-order valence-electron chi connectivity index (χ4n) is 4.62. The summed E-state index contributed by atoms with van der Waals surface area (Å²) in [5, 5.41) is 19.3. The lowest BCUT2D eigenvalue weighted by atomic mass is 10.1. The van der Waals surface area contributed by atoms with Crippen LogP contribution in [0.5, 0.6) is 0 Å². The van der Waals surface area contributed by atoms with Crippen molar-refractivity contribution in [3.8, 4) is 0 Å². The fourth-order valence-corrected chi connectivity index (χ4v) is 4.62. The lowest BCUT2D eigenvalue weighted by Gasteiger charge is -2.28. The number of amides is 1. The Morgan fingerprint density at radius 1 is 0.735 bits per heavy atom.